The van der Waals surface area contributed by atoms with Gasteiger partial charge in [0.15, 0.2) is 0 Å². The van der Waals surface area contributed by atoms with Crippen molar-refractivity contribution in [2.75, 3.05) is 6.61 Å². The van der Waals surface area contributed by atoms with E-state index in [-0.39, 0.29) is 17.2 Å². The molecule has 1 amide bonds. The number of benzene rings is 1. The van der Waals surface area contributed by atoms with E-state index in [1.54, 1.807) is 6.92 Å². The Balaban J connectivity index is 2.66. The maximum atomic E-state index is 13.2. The van der Waals surface area contributed by atoms with Crippen molar-refractivity contribution >= 4 is 23.9 Å². The Labute approximate surface area is 97.1 Å². The lowest BCUT2D eigenvalue weighted by molar-refractivity contribution is 0.152. The van der Waals surface area contributed by atoms with E-state index < -0.39 is 11.9 Å². The number of rotatable bonds is 3. The van der Waals surface area contributed by atoms with Crippen molar-refractivity contribution in [3.63, 3.8) is 0 Å². The summed E-state index contributed by atoms with van der Waals surface area (Å²) >= 11 is 5.73. The van der Waals surface area contributed by atoms with Crippen molar-refractivity contribution in [3.8, 4) is 0 Å². The fraction of sp³-hybridized carbons (Fsp3) is 0.200. The summed E-state index contributed by atoms with van der Waals surface area (Å²) in [6.07, 6.45) is 0.417. The van der Waals surface area contributed by atoms with E-state index in [0.717, 1.165) is 6.21 Å². The fourth-order valence-corrected chi connectivity index (χ4v) is 1.16. The van der Waals surface area contributed by atoms with Gasteiger partial charge in [-0.1, -0.05) is 17.7 Å². The number of ether oxygens (including phenoxy) is 1. The highest BCUT2D eigenvalue weighted by atomic mass is 35.5. The van der Waals surface area contributed by atoms with Crippen LogP contribution >= 0.6 is 11.6 Å². The number of nitrogens with zero attached hydrogens (tertiary/aromatic N) is 1. The number of nitrogens with one attached hydrogen (secondary N) is 1. The average Bonchev–Trinajstić information content (AvgIpc) is 2.23. The molecule has 6 heteroatoms. The molecule has 0 saturated heterocycles. The molecule has 0 radical (unpaired) electrons. The molecule has 16 heavy (non-hydrogen) atoms. The first kappa shape index (κ1) is 12.4. The largest absolute Gasteiger partial charge is 0.449 e. The topological polar surface area (TPSA) is 50.7 Å². The second kappa shape index (κ2) is 6.07. The molecule has 0 bridgehead atoms. The highest BCUT2D eigenvalue weighted by molar-refractivity contribution is 6.33. The molecule has 0 aromatic heterocycles. The summed E-state index contributed by atoms with van der Waals surface area (Å²) in [5, 5.41) is 3.72. The van der Waals surface area contributed by atoms with Gasteiger partial charge in [-0.05, 0) is 19.1 Å². The van der Waals surface area contributed by atoms with E-state index in [0.29, 0.717) is 0 Å². The lowest BCUT2D eigenvalue weighted by atomic mass is 10.2. The van der Waals surface area contributed by atoms with E-state index in [4.69, 9.17) is 11.6 Å². The molecule has 0 spiro atoms. The quantitative estimate of drug-likeness (QED) is 0.656. The van der Waals surface area contributed by atoms with Crippen molar-refractivity contribution < 1.29 is 13.9 Å². The zero-order valence-corrected chi connectivity index (χ0v) is 9.29. The Kier molecular flexibility index (Phi) is 4.72. The van der Waals surface area contributed by atoms with Crippen LogP contribution in [0, 0.1) is 5.82 Å². The van der Waals surface area contributed by atoms with Crippen molar-refractivity contribution in [1.29, 1.82) is 0 Å². The average molecular weight is 245 g/mol. The first-order valence-corrected chi connectivity index (χ1v) is 4.92. The van der Waals surface area contributed by atoms with Gasteiger partial charge >= 0.3 is 6.09 Å². The molecule has 1 aromatic rings. The molecule has 1 aromatic carbocycles. The molecule has 0 atom stereocenters. The van der Waals surface area contributed by atoms with Crippen molar-refractivity contribution in [2.45, 2.75) is 6.92 Å². The first-order valence-electron chi connectivity index (χ1n) is 4.55. The van der Waals surface area contributed by atoms with Crippen molar-refractivity contribution in [2.24, 2.45) is 5.10 Å². The summed E-state index contributed by atoms with van der Waals surface area (Å²) in [6, 6.07) is 4.25. The zero-order chi connectivity index (χ0) is 12.0. The van der Waals surface area contributed by atoms with Crippen LogP contribution in [0.3, 0.4) is 0 Å². The van der Waals surface area contributed by atoms with E-state index in [1.807, 2.05) is 0 Å². The van der Waals surface area contributed by atoms with E-state index in [2.05, 4.69) is 15.3 Å². The molecular formula is C10H10ClFN2O2. The molecule has 0 unspecified atom stereocenters. The van der Waals surface area contributed by atoms with Gasteiger partial charge in [0.25, 0.3) is 0 Å². The van der Waals surface area contributed by atoms with Gasteiger partial charge in [-0.2, -0.15) is 5.10 Å². The summed E-state index contributed by atoms with van der Waals surface area (Å²) in [7, 11) is 0. The Bertz CT molecular complexity index is 390. The third-order valence-electron chi connectivity index (χ3n) is 1.62. The smallest absolute Gasteiger partial charge is 0.427 e. The Morgan fingerprint density at radius 3 is 3.06 bits per heavy atom. The summed E-state index contributed by atoms with van der Waals surface area (Å²) in [4.78, 5) is 10.8. The summed E-state index contributed by atoms with van der Waals surface area (Å²) in [5.74, 6) is -0.512. The molecule has 0 aliphatic heterocycles. The number of carbonyl (C=O) groups excluding carboxylic acids is 1. The highest BCUT2D eigenvalue weighted by Gasteiger charge is 2.03. The molecule has 86 valence electrons. The van der Waals surface area contributed by atoms with Gasteiger partial charge in [0.1, 0.15) is 5.82 Å². The van der Waals surface area contributed by atoms with Crippen LogP contribution in [-0.2, 0) is 4.74 Å². The number of carbonyl (C=O) groups is 1. The lowest BCUT2D eigenvalue weighted by Gasteiger charge is -2.00. The van der Waals surface area contributed by atoms with Crippen molar-refractivity contribution in [1.82, 2.24) is 5.43 Å². The highest BCUT2D eigenvalue weighted by Crippen LogP contribution is 2.16. The number of amides is 1. The Morgan fingerprint density at radius 2 is 2.44 bits per heavy atom. The molecule has 0 aliphatic rings. The van der Waals surface area contributed by atoms with Crippen LogP contribution in [-0.4, -0.2) is 18.9 Å². The minimum atomic E-state index is -0.703. The van der Waals surface area contributed by atoms with Gasteiger partial charge in [-0.25, -0.2) is 14.6 Å². The van der Waals surface area contributed by atoms with E-state index in [1.165, 1.54) is 18.2 Å². The van der Waals surface area contributed by atoms with Crippen LogP contribution in [0.25, 0.3) is 0 Å². The van der Waals surface area contributed by atoms with Gasteiger partial charge in [-0.15, -0.1) is 0 Å². The maximum absolute atomic E-state index is 13.2. The molecule has 0 heterocycles. The van der Waals surface area contributed by atoms with E-state index >= 15 is 0 Å². The SMILES string of the molecule is CCOC(=O)NN=Cc1c(F)cccc1Cl. The molecule has 0 saturated carbocycles. The van der Waals surface area contributed by atoms with Crippen LogP contribution in [0.2, 0.25) is 5.02 Å². The van der Waals surface area contributed by atoms with Crippen LogP contribution in [0.4, 0.5) is 9.18 Å². The van der Waals surface area contributed by atoms with Crippen LogP contribution in [0.1, 0.15) is 12.5 Å². The second-order valence-corrected chi connectivity index (χ2v) is 3.13. The van der Waals surface area contributed by atoms with Crippen LogP contribution in [0.15, 0.2) is 23.3 Å². The van der Waals surface area contributed by atoms with Crippen LogP contribution < -0.4 is 5.43 Å². The normalized spacial score (nSPS) is 10.4. The molecule has 1 rings (SSSR count). The zero-order valence-electron chi connectivity index (χ0n) is 8.54. The van der Waals surface area contributed by atoms with Crippen molar-refractivity contribution in [3.05, 3.63) is 34.6 Å². The fourth-order valence-electron chi connectivity index (χ4n) is 0.947. The molecule has 4 nitrogen and oxygen atoms in total. The molecule has 1 N–H and O–H groups in total. The van der Waals surface area contributed by atoms with E-state index in [9.17, 15) is 9.18 Å². The first-order chi connectivity index (χ1) is 7.65. The standard InChI is InChI=1S/C10H10ClFN2O2/c1-2-16-10(15)14-13-6-7-8(11)4-3-5-9(7)12/h3-6H,2H2,1H3,(H,14,15). The maximum Gasteiger partial charge on any atom is 0.427 e. The van der Waals surface area contributed by atoms with Gasteiger partial charge in [0, 0.05) is 5.56 Å². The minimum Gasteiger partial charge on any atom is -0.449 e. The summed E-state index contributed by atoms with van der Waals surface area (Å²) in [6.45, 7) is 1.90. The number of halogens is 2. The van der Waals surface area contributed by atoms with Gasteiger partial charge in [0.2, 0.25) is 0 Å². The summed E-state index contributed by atoms with van der Waals surface area (Å²) < 4.78 is 17.8. The third kappa shape index (κ3) is 3.51. The summed E-state index contributed by atoms with van der Waals surface area (Å²) in [5.41, 5.74) is 2.18. The van der Waals surface area contributed by atoms with Gasteiger partial charge in [-0.3, -0.25) is 0 Å². The molecular weight excluding hydrogens is 235 g/mol. The predicted octanol–water partition coefficient (Wildman–Crippen LogP) is 2.56. The third-order valence-corrected chi connectivity index (χ3v) is 1.95. The second-order valence-electron chi connectivity index (χ2n) is 2.73. The van der Waals surface area contributed by atoms with Crippen LogP contribution in [0.5, 0.6) is 0 Å². The molecule has 0 fully saturated rings. The molecule has 0 aliphatic carbocycles. The number of hydrogen-bond donors (Lipinski definition) is 1. The minimum absolute atomic E-state index is 0.112. The predicted molar refractivity (Wildman–Crippen MR) is 59.2 cm³/mol. The van der Waals surface area contributed by atoms with Gasteiger partial charge in [0.05, 0.1) is 17.8 Å². The Morgan fingerprint density at radius 1 is 1.69 bits per heavy atom. The number of hydrazone groups is 1. The Hall–Kier alpha value is -1.62. The lowest BCUT2D eigenvalue weighted by Crippen LogP contribution is -2.18. The monoisotopic (exact) mass is 244 g/mol. The number of hydrogen-bond acceptors (Lipinski definition) is 3. The van der Waals surface area contributed by atoms with Gasteiger partial charge < -0.3 is 4.74 Å².